The molecule has 0 fully saturated rings. The number of nitrogens with one attached hydrogen (secondary N) is 1. The number of hydrogen-bond acceptors (Lipinski definition) is 3. The summed E-state index contributed by atoms with van der Waals surface area (Å²) in [6.07, 6.45) is 5.68. The number of hydrogen-bond donors (Lipinski definition) is 1. The fraction of sp³-hybridized carbons (Fsp3) is 0.333. The number of aromatic nitrogens is 3. The lowest BCUT2D eigenvalue weighted by Crippen LogP contribution is -1.99. The van der Waals surface area contributed by atoms with Gasteiger partial charge in [0, 0.05) is 31.7 Å². The van der Waals surface area contributed by atoms with Crippen molar-refractivity contribution in [2.45, 2.75) is 26.9 Å². The molecule has 0 aromatic carbocycles. The summed E-state index contributed by atoms with van der Waals surface area (Å²) >= 11 is 0. The molecule has 0 aliphatic heterocycles. The molecule has 0 aliphatic carbocycles. The van der Waals surface area contributed by atoms with E-state index < -0.39 is 0 Å². The summed E-state index contributed by atoms with van der Waals surface area (Å²) in [6.45, 7) is 5.77. The highest BCUT2D eigenvalue weighted by Gasteiger charge is 2.02. The van der Waals surface area contributed by atoms with Gasteiger partial charge in [0.1, 0.15) is 0 Å². The zero-order valence-electron chi connectivity index (χ0n) is 9.64. The molecule has 0 aliphatic rings. The second-order valence-electron chi connectivity index (χ2n) is 3.70. The first kappa shape index (κ1) is 10.7. The lowest BCUT2D eigenvalue weighted by Gasteiger charge is -2.03. The third kappa shape index (κ3) is 2.39. The van der Waals surface area contributed by atoms with Gasteiger partial charge in [-0.3, -0.25) is 9.67 Å². The van der Waals surface area contributed by atoms with Crippen molar-refractivity contribution >= 4 is 5.69 Å². The van der Waals surface area contributed by atoms with Crippen LogP contribution in [0.15, 0.2) is 30.7 Å². The minimum atomic E-state index is 0.782. The van der Waals surface area contributed by atoms with E-state index in [4.69, 9.17) is 0 Å². The van der Waals surface area contributed by atoms with E-state index in [1.54, 1.807) is 6.20 Å². The molecule has 0 saturated heterocycles. The minimum Gasteiger partial charge on any atom is -0.378 e. The topological polar surface area (TPSA) is 42.7 Å². The van der Waals surface area contributed by atoms with Gasteiger partial charge in [-0.2, -0.15) is 5.10 Å². The van der Waals surface area contributed by atoms with Crippen LogP contribution in [-0.4, -0.2) is 14.8 Å². The van der Waals surface area contributed by atoms with Crippen molar-refractivity contribution in [1.29, 1.82) is 0 Å². The van der Waals surface area contributed by atoms with Crippen molar-refractivity contribution in [1.82, 2.24) is 14.8 Å². The average molecular weight is 216 g/mol. The van der Waals surface area contributed by atoms with Crippen molar-refractivity contribution < 1.29 is 0 Å². The van der Waals surface area contributed by atoms with E-state index in [9.17, 15) is 0 Å². The van der Waals surface area contributed by atoms with Gasteiger partial charge in [0.25, 0.3) is 0 Å². The molecule has 0 atom stereocenters. The molecule has 16 heavy (non-hydrogen) atoms. The van der Waals surface area contributed by atoms with Crippen molar-refractivity contribution in [3.8, 4) is 0 Å². The van der Waals surface area contributed by atoms with Crippen LogP contribution < -0.4 is 5.32 Å². The Morgan fingerprint density at radius 2 is 2.31 bits per heavy atom. The zero-order chi connectivity index (χ0) is 11.4. The van der Waals surface area contributed by atoms with Crippen LogP contribution in [-0.2, 0) is 13.1 Å². The molecule has 0 amide bonds. The maximum absolute atomic E-state index is 4.38. The first-order valence-electron chi connectivity index (χ1n) is 5.46. The van der Waals surface area contributed by atoms with Crippen LogP contribution in [0, 0.1) is 6.92 Å². The Bertz CT molecular complexity index is 447. The molecular formula is C12H16N4. The molecule has 0 spiro atoms. The fourth-order valence-corrected chi connectivity index (χ4v) is 1.55. The highest BCUT2D eigenvalue weighted by molar-refractivity contribution is 5.45. The number of anilines is 1. The number of rotatable bonds is 4. The molecule has 0 unspecified atom stereocenters. The number of aryl methyl sites for hydroxylation is 2. The lowest BCUT2D eigenvalue weighted by atomic mass is 10.3. The quantitative estimate of drug-likeness (QED) is 0.852. The van der Waals surface area contributed by atoms with Crippen molar-refractivity contribution in [3.05, 3.63) is 42.0 Å². The summed E-state index contributed by atoms with van der Waals surface area (Å²) in [5, 5.41) is 7.74. The van der Waals surface area contributed by atoms with Gasteiger partial charge in [-0.25, -0.2) is 0 Å². The van der Waals surface area contributed by atoms with Crippen molar-refractivity contribution in [3.63, 3.8) is 0 Å². The smallest absolute Gasteiger partial charge is 0.0825 e. The normalized spacial score (nSPS) is 10.4. The number of pyridine rings is 1. The molecule has 0 radical (unpaired) electrons. The summed E-state index contributed by atoms with van der Waals surface area (Å²) in [7, 11) is 0. The van der Waals surface area contributed by atoms with Crippen LogP contribution >= 0.6 is 0 Å². The Labute approximate surface area is 95.3 Å². The maximum Gasteiger partial charge on any atom is 0.0825 e. The monoisotopic (exact) mass is 216 g/mol. The predicted molar refractivity (Wildman–Crippen MR) is 64.2 cm³/mol. The highest BCUT2D eigenvalue weighted by atomic mass is 15.3. The van der Waals surface area contributed by atoms with E-state index in [1.807, 2.05) is 30.1 Å². The first-order valence-corrected chi connectivity index (χ1v) is 5.46. The van der Waals surface area contributed by atoms with E-state index in [1.165, 1.54) is 5.56 Å². The van der Waals surface area contributed by atoms with Crippen molar-refractivity contribution in [2.24, 2.45) is 0 Å². The van der Waals surface area contributed by atoms with Crippen LogP contribution in [0.4, 0.5) is 5.69 Å². The summed E-state index contributed by atoms with van der Waals surface area (Å²) in [4.78, 5) is 4.08. The standard InChI is InChI=1S/C12H16N4/c1-3-16-9-12(10(2)15-16)14-8-11-5-4-6-13-7-11/h4-7,9,14H,3,8H2,1-2H3. The highest BCUT2D eigenvalue weighted by Crippen LogP contribution is 2.13. The summed E-state index contributed by atoms with van der Waals surface area (Å²) in [6, 6.07) is 4.00. The Balaban J connectivity index is 2.02. The second kappa shape index (κ2) is 4.79. The Kier molecular flexibility index (Phi) is 3.19. The third-order valence-corrected chi connectivity index (χ3v) is 2.48. The molecule has 0 saturated carbocycles. The van der Waals surface area contributed by atoms with E-state index in [-0.39, 0.29) is 0 Å². The van der Waals surface area contributed by atoms with Gasteiger partial charge >= 0.3 is 0 Å². The zero-order valence-corrected chi connectivity index (χ0v) is 9.64. The first-order chi connectivity index (χ1) is 7.79. The molecule has 2 aromatic rings. The van der Waals surface area contributed by atoms with E-state index in [0.717, 1.165) is 24.5 Å². The SMILES string of the molecule is CCn1cc(NCc2cccnc2)c(C)n1. The van der Waals surface area contributed by atoms with Crippen LogP contribution in [0.25, 0.3) is 0 Å². The predicted octanol–water partition coefficient (Wildman–Crippen LogP) is 2.22. The Morgan fingerprint density at radius 3 is 2.94 bits per heavy atom. The minimum absolute atomic E-state index is 0.782. The van der Waals surface area contributed by atoms with Crippen LogP contribution in [0.2, 0.25) is 0 Å². The van der Waals surface area contributed by atoms with Gasteiger partial charge in [-0.05, 0) is 25.5 Å². The number of nitrogens with zero attached hydrogens (tertiary/aromatic N) is 3. The maximum atomic E-state index is 4.38. The molecular weight excluding hydrogens is 200 g/mol. The molecule has 1 N–H and O–H groups in total. The summed E-state index contributed by atoms with van der Waals surface area (Å²) in [5.74, 6) is 0. The van der Waals surface area contributed by atoms with E-state index in [2.05, 4.69) is 28.4 Å². The van der Waals surface area contributed by atoms with Gasteiger partial charge in [0.05, 0.1) is 11.4 Å². The van der Waals surface area contributed by atoms with Gasteiger partial charge in [-0.15, -0.1) is 0 Å². The van der Waals surface area contributed by atoms with E-state index >= 15 is 0 Å². The van der Waals surface area contributed by atoms with Crippen LogP contribution in [0.1, 0.15) is 18.2 Å². The van der Waals surface area contributed by atoms with Crippen LogP contribution in [0.5, 0.6) is 0 Å². The third-order valence-electron chi connectivity index (χ3n) is 2.48. The van der Waals surface area contributed by atoms with Crippen molar-refractivity contribution in [2.75, 3.05) is 5.32 Å². The average Bonchev–Trinajstić information content (AvgIpc) is 2.69. The molecule has 0 bridgehead atoms. The van der Waals surface area contributed by atoms with Crippen LogP contribution in [0.3, 0.4) is 0 Å². The fourth-order valence-electron chi connectivity index (χ4n) is 1.55. The van der Waals surface area contributed by atoms with Gasteiger partial charge in [-0.1, -0.05) is 6.07 Å². The molecule has 2 heterocycles. The molecule has 2 aromatic heterocycles. The Hall–Kier alpha value is -1.84. The molecule has 2 rings (SSSR count). The van der Waals surface area contributed by atoms with Gasteiger partial charge in [0.15, 0.2) is 0 Å². The van der Waals surface area contributed by atoms with Gasteiger partial charge in [0.2, 0.25) is 0 Å². The molecule has 84 valence electrons. The lowest BCUT2D eigenvalue weighted by molar-refractivity contribution is 0.653. The summed E-state index contributed by atoms with van der Waals surface area (Å²) in [5.41, 5.74) is 3.29. The second-order valence-corrected chi connectivity index (χ2v) is 3.70. The Morgan fingerprint density at radius 1 is 1.44 bits per heavy atom. The molecule has 4 heteroatoms. The largest absolute Gasteiger partial charge is 0.378 e. The van der Waals surface area contributed by atoms with Gasteiger partial charge < -0.3 is 5.32 Å². The molecule has 4 nitrogen and oxygen atoms in total. The summed E-state index contributed by atoms with van der Waals surface area (Å²) < 4.78 is 1.93. The van der Waals surface area contributed by atoms with E-state index in [0.29, 0.717) is 0 Å².